The summed E-state index contributed by atoms with van der Waals surface area (Å²) < 4.78 is 0. The van der Waals surface area contributed by atoms with E-state index in [-0.39, 0.29) is 17.9 Å². The predicted octanol–water partition coefficient (Wildman–Crippen LogP) is 3.17. The van der Waals surface area contributed by atoms with E-state index in [0.29, 0.717) is 6.42 Å². The lowest BCUT2D eigenvalue weighted by atomic mass is 10.1. The maximum absolute atomic E-state index is 12.0. The first-order valence-corrected chi connectivity index (χ1v) is 7.77. The van der Waals surface area contributed by atoms with Crippen LogP contribution in [0.4, 0.5) is 0 Å². The number of hydrogen-bond acceptors (Lipinski definition) is 3. The van der Waals surface area contributed by atoms with Gasteiger partial charge in [-0.15, -0.1) is 11.3 Å². The quantitative estimate of drug-likeness (QED) is 0.943. The number of H-pyrrole nitrogens is 1. The van der Waals surface area contributed by atoms with Gasteiger partial charge in [-0.25, -0.2) is 4.98 Å². The Kier molecular flexibility index (Phi) is 3.38. The van der Waals surface area contributed by atoms with Crippen LogP contribution in [0, 0.1) is 6.92 Å². The number of imidazole rings is 1. The second-order valence-electron chi connectivity index (χ2n) is 5.63. The fraction of sp³-hybridized carbons (Fsp3) is 0.467. The summed E-state index contributed by atoms with van der Waals surface area (Å²) >= 11 is 1.75. The van der Waals surface area contributed by atoms with Gasteiger partial charge in [-0.1, -0.05) is 0 Å². The largest absolute Gasteiger partial charge is 0.341 e. The zero-order valence-corrected chi connectivity index (χ0v) is 12.8. The van der Waals surface area contributed by atoms with E-state index in [1.165, 1.54) is 9.75 Å². The summed E-state index contributed by atoms with van der Waals surface area (Å²) in [6.45, 7) is 6.99. The molecule has 2 aromatic rings. The molecule has 20 heavy (non-hydrogen) atoms. The highest BCUT2D eigenvalue weighted by molar-refractivity contribution is 7.15. The molecule has 0 bridgehead atoms. The fourth-order valence-corrected chi connectivity index (χ4v) is 3.50. The van der Waals surface area contributed by atoms with Crippen LogP contribution < -0.4 is 0 Å². The zero-order chi connectivity index (χ0) is 14.3. The number of rotatable bonds is 3. The number of carbonyl (C=O) groups is 1. The molecular weight excluding hydrogens is 270 g/mol. The molecule has 1 fully saturated rings. The van der Waals surface area contributed by atoms with Crippen molar-refractivity contribution in [2.75, 3.05) is 6.54 Å². The molecule has 1 N–H and O–H groups in total. The topological polar surface area (TPSA) is 49.0 Å². The van der Waals surface area contributed by atoms with E-state index in [1.54, 1.807) is 11.3 Å². The van der Waals surface area contributed by atoms with Gasteiger partial charge in [-0.3, -0.25) is 4.79 Å². The molecule has 3 rings (SSSR count). The van der Waals surface area contributed by atoms with Crippen molar-refractivity contribution in [3.63, 3.8) is 0 Å². The van der Waals surface area contributed by atoms with Crippen LogP contribution in [0.5, 0.6) is 0 Å². The fourth-order valence-electron chi connectivity index (χ4n) is 2.66. The van der Waals surface area contributed by atoms with Gasteiger partial charge in [0.05, 0.1) is 16.8 Å². The van der Waals surface area contributed by atoms with Crippen molar-refractivity contribution in [2.24, 2.45) is 0 Å². The summed E-state index contributed by atoms with van der Waals surface area (Å²) in [6, 6.07) is 4.49. The van der Waals surface area contributed by atoms with Crippen LogP contribution in [0.3, 0.4) is 0 Å². The number of aryl methyl sites for hydroxylation is 1. The molecule has 1 aliphatic rings. The smallest absolute Gasteiger partial charge is 0.223 e. The molecule has 2 aromatic heterocycles. The second kappa shape index (κ2) is 5.05. The van der Waals surface area contributed by atoms with Gasteiger partial charge in [0.2, 0.25) is 5.91 Å². The zero-order valence-electron chi connectivity index (χ0n) is 12.0. The van der Waals surface area contributed by atoms with Crippen LogP contribution in [0.25, 0.3) is 10.6 Å². The molecule has 1 amide bonds. The number of amides is 1. The molecule has 4 nitrogen and oxygen atoms in total. The summed E-state index contributed by atoms with van der Waals surface area (Å²) in [5.41, 5.74) is 1.05. The molecule has 106 valence electrons. The average Bonchev–Trinajstić information content (AvgIpc) is 3.06. The number of likely N-dealkylation sites (tertiary alicyclic amines) is 1. The van der Waals surface area contributed by atoms with Gasteiger partial charge in [-0.2, -0.15) is 0 Å². The average molecular weight is 289 g/mol. The number of aromatic nitrogens is 2. The van der Waals surface area contributed by atoms with Crippen molar-refractivity contribution < 1.29 is 4.79 Å². The second-order valence-corrected chi connectivity index (χ2v) is 6.92. The van der Waals surface area contributed by atoms with Crippen molar-refractivity contribution in [1.29, 1.82) is 0 Å². The number of thiophene rings is 1. The molecule has 1 aliphatic heterocycles. The Hall–Kier alpha value is -1.62. The summed E-state index contributed by atoms with van der Waals surface area (Å²) in [6.07, 6.45) is 2.44. The third-order valence-corrected chi connectivity index (χ3v) is 4.80. The van der Waals surface area contributed by atoms with Gasteiger partial charge in [0.15, 0.2) is 0 Å². The van der Waals surface area contributed by atoms with E-state index in [9.17, 15) is 4.79 Å². The first kappa shape index (κ1) is 13.4. The van der Waals surface area contributed by atoms with Gasteiger partial charge >= 0.3 is 0 Å². The van der Waals surface area contributed by atoms with E-state index in [2.05, 4.69) is 42.9 Å². The number of hydrogen-bond donors (Lipinski definition) is 1. The SMILES string of the molecule is Cc1ccc(-c2cnc(C3CC(=O)N(C(C)C)C3)[nH]2)s1. The van der Waals surface area contributed by atoms with E-state index in [0.717, 1.165) is 18.1 Å². The maximum Gasteiger partial charge on any atom is 0.223 e. The summed E-state index contributed by atoms with van der Waals surface area (Å²) in [4.78, 5) is 24.3. The van der Waals surface area contributed by atoms with Gasteiger partial charge in [0, 0.05) is 29.8 Å². The molecule has 0 saturated carbocycles. The highest BCUT2D eigenvalue weighted by Gasteiger charge is 2.33. The highest BCUT2D eigenvalue weighted by atomic mass is 32.1. The first-order chi connectivity index (χ1) is 9.54. The number of aromatic amines is 1. The van der Waals surface area contributed by atoms with Crippen molar-refractivity contribution >= 4 is 17.2 Å². The Morgan fingerprint density at radius 2 is 2.25 bits per heavy atom. The molecule has 1 unspecified atom stereocenters. The van der Waals surface area contributed by atoms with E-state index in [4.69, 9.17) is 0 Å². The van der Waals surface area contributed by atoms with Crippen molar-refractivity contribution in [2.45, 2.75) is 39.2 Å². The summed E-state index contributed by atoms with van der Waals surface area (Å²) in [5, 5.41) is 0. The minimum Gasteiger partial charge on any atom is -0.341 e. The molecule has 1 atom stereocenters. The number of nitrogens with zero attached hydrogens (tertiary/aromatic N) is 2. The molecule has 0 aromatic carbocycles. The minimum atomic E-state index is 0.194. The standard InChI is InChI=1S/C15H19N3OS/c1-9(2)18-8-11(6-14(18)19)15-16-7-12(17-15)13-5-4-10(3)20-13/h4-5,7,9,11H,6,8H2,1-3H3,(H,16,17). The molecule has 0 aliphatic carbocycles. The number of carbonyl (C=O) groups excluding carboxylic acids is 1. The van der Waals surface area contributed by atoms with Crippen molar-refractivity contribution in [1.82, 2.24) is 14.9 Å². The Bertz CT molecular complexity index is 629. The molecule has 5 heteroatoms. The molecule has 0 spiro atoms. The van der Waals surface area contributed by atoms with E-state index in [1.807, 2.05) is 11.1 Å². The third-order valence-electron chi connectivity index (χ3n) is 3.77. The maximum atomic E-state index is 12.0. The van der Waals surface area contributed by atoms with Gasteiger partial charge in [-0.05, 0) is 32.9 Å². The third kappa shape index (κ3) is 2.38. The van der Waals surface area contributed by atoms with Crippen molar-refractivity contribution in [3.8, 4) is 10.6 Å². The monoisotopic (exact) mass is 289 g/mol. The molecule has 1 saturated heterocycles. The van der Waals surface area contributed by atoms with Crippen LogP contribution in [0.15, 0.2) is 18.3 Å². The Balaban J connectivity index is 1.80. The summed E-state index contributed by atoms with van der Waals surface area (Å²) in [5.74, 6) is 1.36. The highest BCUT2D eigenvalue weighted by Crippen LogP contribution is 2.31. The van der Waals surface area contributed by atoms with Crippen LogP contribution in [-0.4, -0.2) is 33.4 Å². The lowest BCUT2D eigenvalue weighted by Crippen LogP contribution is -2.31. The minimum absolute atomic E-state index is 0.194. The van der Waals surface area contributed by atoms with Crippen molar-refractivity contribution in [3.05, 3.63) is 29.0 Å². The molecule has 0 radical (unpaired) electrons. The Morgan fingerprint density at radius 1 is 1.45 bits per heavy atom. The molecular formula is C15H19N3OS. The van der Waals surface area contributed by atoms with E-state index >= 15 is 0 Å². The Labute approximate surface area is 122 Å². The molecule has 3 heterocycles. The van der Waals surface area contributed by atoms with E-state index < -0.39 is 0 Å². The number of nitrogens with one attached hydrogen (secondary N) is 1. The van der Waals surface area contributed by atoms with Gasteiger partial charge < -0.3 is 9.88 Å². The first-order valence-electron chi connectivity index (χ1n) is 6.95. The van der Waals surface area contributed by atoms with Crippen LogP contribution >= 0.6 is 11.3 Å². The predicted molar refractivity (Wildman–Crippen MR) is 80.8 cm³/mol. The van der Waals surface area contributed by atoms with Crippen LogP contribution in [0.2, 0.25) is 0 Å². The lowest BCUT2D eigenvalue weighted by molar-refractivity contribution is -0.129. The Morgan fingerprint density at radius 3 is 2.85 bits per heavy atom. The lowest BCUT2D eigenvalue weighted by Gasteiger charge is -2.20. The van der Waals surface area contributed by atoms with Gasteiger partial charge in [0.1, 0.15) is 5.82 Å². The van der Waals surface area contributed by atoms with Crippen LogP contribution in [0.1, 0.15) is 36.9 Å². The van der Waals surface area contributed by atoms with Crippen LogP contribution in [-0.2, 0) is 4.79 Å². The van der Waals surface area contributed by atoms with Gasteiger partial charge in [0.25, 0.3) is 0 Å². The summed E-state index contributed by atoms with van der Waals surface area (Å²) in [7, 11) is 0. The normalized spacial score (nSPS) is 19.3.